The van der Waals surface area contributed by atoms with Gasteiger partial charge in [0.2, 0.25) is 5.88 Å². The van der Waals surface area contributed by atoms with Gasteiger partial charge in [0.15, 0.2) is 0 Å². The van der Waals surface area contributed by atoms with E-state index < -0.39 is 0 Å². The number of rotatable bonds is 6. The quantitative estimate of drug-likeness (QED) is 0.767. The summed E-state index contributed by atoms with van der Waals surface area (Å²) in [5.74, 6) is 0.827. The maximum Gasteiger partial charge on any atom is 0.323 e. The van der Waals surface area contributed by atoms with Gasteiger partial charge in [0.1, 0.15) is 6.04 Å². The van der Waals surface area contributed by atoms with Crippen LogP contribution in [0.4, 0.5) is 0 Å². The molecule has 18 heavy (non-hydrogen) atoms. The summed E-state index contributed by atoms with van der Waals surface area (Å²) in [6.07, 6.45) is 3.92. The van der Waals surface area contributed by atoms with Gasteiger partial charge >= 0.3 is 5.97 Å². The molecule has 1 aromatic rings. The summed E-state index contributed by atoms with van der Waals surface area (Å²) in [4.78, 5) is 15.7. The van der Waals surface area contributed by atoms with Gasteiger partial charge in [-0.05, 0) is 24.3 Å². The van der Waals surface area contributed by atoms with Gasteiger partial charge in [0.05, 0.1) is 14.2 Å². The van der Waals surface area contributed by atoms with Crippen LogP contribution < -0.4 is 10.1 Å². The van der Waals surface area contributed by atoms with E-state index in [4.69, 9.17) is 9.47 Å². The highest BCUT2D eigenvalue weighted by Gasteiger charge is 2.36. The van der Waals surface area contributed by atoms with Crippen molar-refractivity contribution in [1.29, 1.82) is 0 Å². The molecule has 0 bridgehead atoms. The number of esters is 1. The second-order valence-corrected chi connectivity index (χ2v) is 4.43. The fourth-order valence-corrected chi connectivity index (χ4v) is 1.86. The zero-order valence-electron chi connectivity index (χ0n) is 10.7. The van der Waals surface area contributed by atoms with Gasteiger partial charge < -0.3 is 14.8 Å². The van der Waals surface area contributed by atoms with Crippen molar-refractivity contribution in [1.82, 2.24) is 10.3 Å². The van der Waals surface area contributed by atoms with E-state index in [9.17, 15) is 4.79 Å². The molecule has 1 aliphatic rings. The minimum atomic E-state index is -0.197. The van der Waals surface area contributed by atoms with Gasteiger partial charge in [-0.2, -0.15) is 0 Å². The Kier molecular flexibility index (Phi) is 4.15. The van der Waals surface area contributed by atoms with Crippen LogP contribution in [0.5, 0.6) is 5.88 Å². The lowest BCUT2D eigenvalue weighted by Crippen LogP contribution is -2.39. The summed E-state index contributed by atoms with van der Waals surface area (Å²) < 4.78 is 9.79. The normalized spacial score (nSPS) is 16.1. The lowest BCUT2D eigenvalue weighted by molar-refractivity contribution is -0.143. The van der Waals surface area contributed by atoms with Crippen molar-refractivity contribution >= 4 is 5.97 Å². The Morgan fingerprint density at radius 1 is 1.50 bits per heavy atom. The molecule has 0 radical (unpaired) electrons. The molecule has 98 valence electrons. The highest BCUT2D eigenvalue weighted by Crippen LogP contribution is 2.33. The van der Waals surface area contributed by atoms with Gasteiger partial charge in [0, 0.05) is 18.8 Å². The minimum absolute atomic E-state index is 0.182. The van der Waals surface area contributed by atoms with E-state index in [0.29, 0.717) is 18.3 Å². The second-order valence-electron chi connectivity index (χ2n) is 4.43. The number of pyridine rings is 1. The third-order valence-corrected chi connectivity index (χ3v) is 3.08. The van der Waals surface area contributed by atoms with Crippen molar-refractivity contribution in [2.75, 3.05) is 14.2 Å². The topological polar surface area (TPSA) is 60.5 Å². The van der Waals surface area contributed by atoms with E-state index in [2.05, 4.69) is 10.3 Å². The van der Waals surface area contributed by atoms with Crippen LogP contribution in [0.2, 0.25) is 0 Å². The summed E-state index contributed by atoms with van der Waals surface area (Å²) in [6, 6.07) is 3.54. The van der Waals surface area contributed by atoms with Gasteiger partial charge in [0.25, 0.3) is 0 Å². The van der Waals surface area contributed by atoms with Gasteiger partial charge in [-0.25, -0.2) is 4.98 Å². The van der Waals surface area contributed by atoms with E-state index >= 15 is 0 Å². The molecule has 1 saturated carbocycles. The predicted octanol–water partition coefficient (Wildman–Crippen LogP) is 1.13. The zero-order valence-corrected chi connectivity index (χ0v) is 10.7. The first-order chi connectivity index (χ1) is 8.74. The number of nitrogens with zero attached hydrogens (tertiary/aromatic N) is 1. The number of aromatic nitrogens is 1. The average molecular weight is 250 g/mol. The molecule has 1 fully saturated rings. The monoisotopic (exact) mass is 250 g/mol. The summed E-state index contributed by atoms with van der Waals surface area (Å²) in [7, 11) is 3.01. The summed E-state index contributed by atoms with van der Waals surface area (Å²) >= 11 is 0. The predicted molar refractivity (Wildman–Crippen MR) is 66.2 cm³/mol. The average Bonchev–Trinajstić information content (AvgIpc) is 3.24. The zero-order chi connectivity index (χ0) is 13.0. The third-order valence-electron chi connectivity index (χ3n) is 3.08. The van der Waals surface area contributed by atoms with E-state index in [1.807, 2.05) is 6.07 Å². The van der Waals surface area contributed by atoms with Crippen LogP contribution in [0.1, 0.15) is 18.4 Å². The molecule has 5 heteroatoms. The molecule has 0 saturated heterocycles. The Balaban J connectivity index is 1.90. The molecule has 1 unspecified atom stereocenters. The lowest BCUT2D eigenvalue weighted by Gasteiger charge is -2.15. The first-order valence-electron chi connectivity index (χ1n) is 6.04. The van der Waals surface area contributed by atoms with Crippen LogP contribution in [0.25, 0.3) is 0 Å². The maximum atomic E-state index is 11.6. The summed E-state index contributed by atoms with van der Waals surface area (Å²) in [5, 5.41) is 3.23. The SMILES string of the molecule is COC(=O)C(NCc1ccc(OC)nc1)C1CC1. The molecule has 1 aromatic heterocycles. The molecule has 1 atom stereocenters. The third kappa shape index (κ3) is 3.20. The van der Waals surface area contributed by atoms with Crippen molar-refractivity contribution in [2.24, 2.45) is 5.92 Å². The minimum Gasteiger partial charge on any atom is -0.481 e. The van der Waals surface area contributed by atoms with E-state index in [1.54, 1.807) is 19.4 Å². The first-order valence-corrected chi connectivity index (χ1v) is 6.04. The van der Waals surface area contributed by atoms with E-state index in [0.717, 1.165) is 18.4 Å². The molecular formula is C13H18N2O3. The standard InChI is InChI=1S/C13H18N2O3/c1-17-11-6-3-9(7-14-11)8-15-12(10-4-5-10)13(16)18-2/h3,6-7,10,12,15H,4-5,8H2,1-2H3. The fourth-order valence-electron chi connectivity index (χ4n) is 1.86. The Hall–Kier alpha value is -1.62. The van der Waals surface area contributed by atoms with Crippen LogP contribution in [0, 0.1) is 5.92 Å². The van der Waals surface area contributed by atoms with Crippen LogP contribution in [0.3, 0.4) is 0 Å². The number of hydrogen-bond acceptors (Lipinski definition) is 5. The molecule has 1 N–H and O–H groups in total. The lowest BCUT2D eigenvalue weighted by atomic mass is 10.1. The number of carbonyl (C=O) groups excluding carboxylic acids is 1. The fraction of sp³-hybridized carbons (Fsp3) is 0.538. The molecular weight excluding hydrogens is 232 g/mol. The van der Waals surface area contributed by atoms with Crippen molar-refractivity contribution in [2.45, 2.75) is 25.4 Å². The molecule has 0 aliphatic heterocycles. The highest BCUT2D eigenvalue weighted by molar-refractivity contribution is 5.76. The van der Waals surface area contributed by atoms with Crippen LogP contribution in [0.15, 0.2) is 18.3 Å². The Bertz CT molecular complexity index is 401. The largest absolute Gasteiger partial charge is 0.481 e. The molecule has 0 amide bonds. The Morgan fingerprint density at radius 3 is 2.78 bits per heavy atom. The summed E-state index contributed by atoms with van der Waals surface area (Å²) in [6.45, 7) is 0.604. The van der Waals surface area contributed by atoms with Crippen molar-refractivity contribution < 1.29 is 14.3 Å². The number of methoxy groups -OCH3 is 2. The molecule has 1 aliphatic carbocycles. The Labute approximate surface area is 107 Å². The van der Waals surface area contributed by atoms with E-state index in [1.165, 1.54) is 7.11 Å². The molecule has 0 spiro atoms. The highest BCUT2D eigenvalue weighted by atomic mass is 16.5. The number of hydrogen-bond donors (Lipinski definition) is 1. The number of ether oxygens (including phenoxy) is 2. The molecule has 1 heterocycles. The van der Waals surface area contributed by atoms with E-state index in [-0.39, 0.29) is 12.0 Å². The Morgan fingerprint density at radius 2 is 2.28 bits per heavy atom. The van der Waals surface area contributed by atoms with Gasteiger partial charge in [-0.15, -0.1) is 0 Å². The van der Waals surface area contributed by atoms with Gasteiger partial charge in [-0.3, -0.25) is 4.79 Å². The van der Waals surface area contributed by atoms with Crippen LogP contribution >= 0.6 is 0 Å². The molecule has 0 aromatic carbocycles. The molecule has 5 nitrogen and oxygen atoms in total. The number of nitrogens with one attached hydrogen (secondary N) is 1. The second kappa shape index (κ2) is 5.82. The smallest absolute Gasteiger partial charge is 0.323 e. The van der Waals surface area contributed by atoms with Crippen molar-refractivity contribution in [3.8, 4) is 5.88 Å². The maximum absolute atomic E-state index is 11.6. The van der Waals surface area contributed by atoms with Crippen LogP contribution in [-0.2, 0) is 16.1 Å². The molecule has 2 rings (SSSR count). The van der Waals surface area contributed by atoms with Crippen LogP contribution in [-0.4, -0.2) is 31.2 Å². The number of carbonyl (C=O) groups is 1. The van der Waals surface area contributed by atoms with Gasteiger partial charge in [-0.1, -0.05) is 6.07 Å². The summed E-state index contributed by atoms with van der Waals surface area (Å²) in [5.41, 5.74) is 1.02. The van der Waals surface area contributed by atoms with Crippen molar-refractivity contribution in [3.05, 3.63) is 23.9 Å². The van der Waals surface area contributed by atoms with Crippen molar-refractivity contribution in [3.63, 3.8) is 0 Å². The first kappa shape index (κ1) is 12.8.